The normalized spacial score (nSPS) is 17.1. The molecule has 0 radical (unpaired) electrons. The summed E-state index contributed by atoms with van der Waals surface area (Å²) >= 11 is 0. The van der Waals surface area contributed by atoms with Gasteiger partial charge in [0.15, 0.2) is 5.82 Å². The Kier molecular flexibility index (Phi) is 6.15. The fraction of sp³-hybridized carbons (Fsp3) is 0.688. The quantitative estimate of drug-likeness (QED) is 0.861. The van der Waals surface area contributed by atoms with E-state index in [9.17, 15) is 9.59 Å². The first-order chi connectivity index (χ1) is 11.0. The molecule has 7 nitrogen and oxygen atoms in total. The predicted molar refractivity (Wildman–Crippen MR) is 87.0 cm³/mol. The van der Waals surface area contributed by atoms with E-state index in [1.54, 1.807) is 19.9 Å². The second-order valence-electron chi connectivity index (χ2n) is 6.01. The van der Waals surface area contributed by atoms with E-state index in [0.717, 1.165) is 32.4 Å². The van der Waals surface area contributed by atoms with E-state index < -0.39 is 0 Å². The maximum Gasteiger partial charge on any atom is 0.242 e. The number of amides is 2. The molecule has 2 heterocycles. The Morgan fingerprint density at radius 3 is 2.57 bits per heavy atom. The van der Waals surface area contributed by atoms with Gasteiger partial charge in [-0.15, -0.1) is 0 Å². The zero-order valence-corrected chi connectivity index (χ0v) is 14.2. The van der Waals surface area contributed by atoms with Crippen molar-refractivity contribution in [3.63, 3.8) is 0 Å². The maximum absolute atomic E-state index is 12.6. The zero-order chi connectivity index (χ0) is 16.8. The lowest BCUT2D eigenvalue weighted by Crippen LogP contribution is -2.54. The number of hydrogen-bond acceptors (Lipinski definition) is 5. The number of anilines is 1. The molecule has 1 aromatic heterocycles. The van der Waals surface area contributed by atoms with Crippen molar-refractivity contribution in [1.82, 2.24) is 15.0 Å². The van der Waals surface area contributed by atoms with Crippen LogP contribution in [0.25, 0.3) is 0 Å². The number of rotatable bonds is 6. The van der Waals surface area contributed by atoms with Crippen molar-refractivity contribution in [2.45, 2.75) is 46.1 Å². The Morgan fingerprint density at radius 1 is 1.35 bits per heavy atom. The summed E-state index contributed by atoms with van der Waals surface area (Å²) in [4.78, 5) is 28.1. The SMILES string of the molecule is CCCCC(C(=O)Nc1cc(C)on1)N1CCN(C(C)=O)CC1. The lowest BCUT2D eigenvalue weighted by molar-refractivity contribution is -0.131. The molecular formula is C16H26N4O3. The van der Waals surface area contributed by atoms with Gasteiger partial charge in [-0.1, -0.05) is 24.9 Å². The molecule has 128 valence electrons. The summed E-state index contributed by atoms with van der Waals surface area (Å²) in [6.07, 6.45) is 2.84. The van der Waals surface area contributed by atoms with Crippen LogP contribution >= 0.6 is 0 Å². The van der Waals surface area contributed by atoms with Crippen molar-refractivity contribution in [3.8, 4) is 0 Å². The van der Waals surface area contributed by atoms with Crippen LogP contribution in [-0.2, 0) is 9.59 Å². The summed E-state index contributed by atoms with van der Waals surface area (Å²) in [6.45, 7) is 8.28. The first-order valence-corrected chi connectivity index (χ1v) is 8.25. The number of carbonyl (C=O) groups is 2. The molecule has 1 aliphatic rings. The molecule has 1 aromatic rings. The van der Waals surface area contributed by atoms with Gasteiger partial charge < -0.3 is 14.7 Å². The van der Waals surface area contributed by atoms with E-state index in [0.29, 0.717) is 24.7 Å². The Morgan fingerprint density at radius 2 is 2.04 bits per heavy atom. The van der Waals surface area contributed by atoms with Gasteiger partial charge in [0.25, 0.3) is 0 Å². The minimum Gasteiger partial charge on any atom is -0.360 e. The topological polar surface area (TPSA) is 78.7 Å². The summed E-state index contributed by atoms with van der Waals surface area (Å²) in [5.41, 5.74) is 0. The van der Waals surface area contributed by atoms with Crippen LogP contribution in [0.3, 0.4) is 0 Å². The van der Waals surface area contributed by atoms with Crippen LogP contribution in [0, 0.1) is 6.92 Å². The number of piperazine rings is 1. The van der Waals surface area contributed by atoms with Gasteiger partial charge in [-0.3, -0.25) is 14.5 Å². The van der Waals surface area contributed by atoms with Gasteiger partial charge >= 0.3 is 0 Å². The van der Waals surface area contributed by atoms with Crippen LogP contribution < -0.4 is 5.32 Å². The third-order valence-corrected chi connectivity index (χ3v) is 4.21. The number of unbranched alkanes of at least 4 members (excludes halogenated alkanes) is 1. The molecule has 0 spiro atoms. The van der Waals surface area contributed by atoms with Crippen LogP contribution in [0.15, 0.2) is 10.6 Å². The van der Waals surface area contributed by atoms with E-state index in [2.05, 4.69) is 22.3 Å². The Hall–Kier alpha value is -1.89. The van der Waals surface area contributed by atoms with Crippen LogP contribution in [0.4, 0.5) is 5.82 Å². The highest BCUT2D eigenvalue weighted by molar-refractivity contribution is 5.94. The predicted octanol–water partition coefficient (Wildman–Crippen LogP) is 1.64. The molecule has 1 fully saturated rings. The second-order valence-corrected chi connectivity index (χ2v) is 6.01. The minimum atomic E-state index is -0.193. The highest BCUT2D eigenvalue weighted by Gasteiger charge is 2.29. The number of aryl methyl sites for hydroxylation is 1. The lowest BCUT2D eigenvalue weighted by Gasteiger charge is -2.38. The van der Waals surface area contributed by atoms with Gasteiger partial charge in [0.2, 0.25) is 11.8 Å². The van der Waals surface area contributed by atoms with Crippen LogP contribution in [-0.4, -0.2) is 59.0 Å². The van der Waals surface area contributed by atoms with Crippen LogP contribution in [0.2, 0.25) is 0 Å². The smallest absolute Gasteiger partial charge is 0.242 e. The minimum absolute atomic E-state index is 0.0528. The highest BCUT2D eigenvalue weighted by Crippen LogP contribution is 2.16. The molecule has 1 aliphatic heterocycles. The summed E-state index contributed by atoms with van der Waals surface area (Å²) in [7, 11) is 0. The van der Waals surface area contributed by atoms with E-state index in [4.69, 9.17) is 4.52 Å². The first-order valence-electron chi connectivity index (χ1n) is 8.25. The average molecular weight is 322 g/mol. The largest absolute Gasteiger partial charge is 0.360 e. The molecule has 1 saturated heterocycles. The summed E-state index contributed by atoms with van der Waals surface area (Å²) < 4.78 is 4.99. The molecule has 2 amide bonds. The third-order valence-electron chi connectivity index (χ3n) is 4.21. The van der Waals surface area contributed by atoms with Gasteiger partial charge in [-0.2, -0.15) is 0 Å². The number of hydrogen-bond donors (Lipinski definition) is 1. The molecule has 0 aromatic carbocycles. The monoisotopic (exact) mass is 322 g/mol. The van der Waals surface area contributed by atoms with Crippen molar-refractivity contribution >= 4 is 17.6 Å². The number of nitrogens with one attached hydrogen (secondary N) is 1. The van der Waals surface area contributed by atoms with Gasteiger partial charge in [-0.25, -0.2) is 0 Å². The Bertz CT molecular complexity index is 535. The number of nitrogens with zero attached hydrogens (tertiary/aromatic N) is 3. The van der Waals surface area contributed by atoms with Crippen molar-refractivity contribution in [2.24, 2.45) is 0 Å². The molecule has 0 bridgehead atoms. The molecule has 2 rings (SSSR count). The molecule has 1 unspecified atom stereocenters. The Labute approximate surface area is 137 Å². The van der Waals surface area contributed by atoms with E-state index in [1.807, 2.05) is 4.90 Å². The molecule has 23 heavy (non-hydrogen) atoms. The Balaban J connectivity index is 1.98. The fourth-order valence-corrected chi connectivity index (χ4v) is 2.86. The maximum atomic E-state index is 12.6. The van der Waals surface area contributed by atoms with Crippen molar-refractivity contribution in [3.05, 3.63) is 11.8 Å². The average Bonchev–Trinajstić information content (AvgIpc) is 2.93. The summed E-state index contributed by atoms with van der Waals surface area (Å²) in [6, 6.07) is 1.52. The van der Waals surface area contributed by atoms with E-state index in [-0.39, 0.29) is 17.9 Å². The van der Waals surface area contributed by atoms with Gasteiger partial charge in [-0.05, 0) is 13.3 Å². The van der Waals surface area contributed by atoms with E-state index in [1.165, 1.54) is 0 Å². The van der Waals surface area contributed by atoms with Crippen molar-refractivity contribution < 1.29 is 14.1 Å². The number of aromatic nitrogens is 1. The molecule has 0 aliphatic carbocycles. The molecule has 7 heteroatoms. The van der Waals surface area contributed by atoms with Gasteiger partial charge in [0.05, 0.1) is 6.04 Å². The van der Waals surface area contributed by atoms with Crippen molar-refractivity contribution in [2.75, 3.05) is 31.5 Å². The zero-order valence-electron chi connectivity index (χ0n) is 14.2. The van der Waals surface area contributed by atoms with E-state index >= 15 is 0 Å². The van der Waals surface area contributed by atoms with Gasteiger partial charge in [0, 0.05) is 39.2 Å². The molecular weight excluding hydrogens is 296 g/mol. The highest BCUT2D eigenvalue weighted by atomic mass is 16.5. The second kappa shape index (κ2) is 8.10. The molecule has 1 N–H and O–H groups in total. The first kappa shape index (κ1) is 17.5. The summed E-state index contributed by atoms with van der Waals surface area (Å²) in [5, 5.41) is 6.66. The molecule has 0 saturated carbocycles. The lowest BCUT2D eigenvalue weighted by atomic mass is 10.1. The fourth-order valence-electron chi connectivity index (χ4n) is 2.86. The van der Waals surface area contributed by atoms with Crippen LogP contribution in [0.1, 0.15) is 38.9 Å². The summed E-state index contributed by atoms with van der Waals surface area (Å²) in [5.74, 6) is 1.16. The van der Waals surface area contributed by atoms with Crippen LogP contribution in [0.5, 0.6) is 0 Å². The van der Waals surface area contributed by atoms with Gasteiger partial charge in [0.1, 0.15) is 5.76 Å². The standard InChI is InChI=1S/C16H26N4O3/c1-4-5-6-14(16(22)17-15-11-12(2)23-18-15)20-9-7-19(8-10-20)13(3)21/h11,14H,4-10H2,1-3H3,(H,17,18,22). The molecule has 1 atom stereocenters. The van der Waals surface area contributed by atoms with Crippen molar-refractivity contribution in [1.29, 1.82) is 0 Å². The third kappa shape index (κ3) is 4.79. The number of carbonyl (C=O) groups excluding carboxylic acids is 2.